The highest BCUT2D eigenvalue weighted by atomic mass is 16.5. The Hall–Kier alpha value is -2.69. The normalized spacial score (nSPS) is 17.0. The summed E-state index contributed by atoms with van der Waals surface area (Å²) in [5.41, 5.74) is 1.46. The topological polar surface area (TPSA) is 76.0 Å². The molecule has 0 bridgehead atoms. The van der Waals surface area contributed by atoms with Crippen LogP contribution in [-0.4, -0.2) is 23.3 Å². The van der Waals surface area contributed by atoms with Crippen LogP contribution in [0.2, 0.25) is 0 Å². The maximum Gasteiger partial charge on any atom is 0.342 e. The maximum atomic E-state index is 12.2. The van der Waals surface area contributed by atoms with Gasteiger partial charge in [0.15, 0.2) is 11.5 Å². The second-order valence-corrected chi connectivity index (χ2v) is 4.82. The monoisotopic (exact) mass is 286 g/mol. The molecular formula is C16H14O5. The Morgan fingerprint density at radius 3 is 2.62 bits per heavy atom. The molecule has 0 amide bonds. The fourth-order valence-electron chi connectivity index (χ4n) is 2.56. The molecule has 0 fully saturated rings. The fourth-order valence-corrected chi connectivity index (χ4v) is 2.56. The second-order valence-electron chi connectivity index (χ2n) is 4.82. The number of aromatic hydroxyl groups is 2. The van der Waals surface area contributed by atoms with Crippen LogP contribution >= 0.6 is 0 Å². The summed E-state index contributed by atoms with van der Waals surface area (Å²) in [6.07, 6.45) is -0.0469. The zero-order valence-electron chi connectivity index (χ0n) is 11.4. The van der Waals surface area contributed by atoms with E-state index in [9.17, 15) is 15.0 Å². The summed E-state index contributed by atoms with van der Waals surface area (Å²) in [5, 5.41) is 19.9. The molecule has 0 spiro atoms. The van der Waals surface area contributed by atoms with Gasteiger partial charge in [0, 0.05) is 6.42 Å². The molecule has 2 aromatic carbocycles. The van der Waals surface area contributed by atoms with E-state index >= 15 is 0 Å². The lowest BCUT2D eigenvalue weighted by Gasteiger charge is -2.26. The van der Waals surface area contributed by atoms with Crippen LogP contribution < -0.4 is 4.74 Å². The van der Waals surface area contributed by atoms with Crippen LogP contribution in [0.5, 0.6) is 17.2 Å². The number of phenolic OH excluding ortho intramolecular Hbond substituents is 2. The molecule has 2 aromatic rings. The third kappa shape index (κ3) is 2.16. The molecule has 1 aliphatic heterocycles. The molecule has 5 heteroatoms. The third-order valence-corrected chi connectivity index (χ3v) is 3.55. The number of phenols is 2. The van der Waals surface area contributed by atoms with E-state index in [4.69, 9.17) is 9.47 Å². The van der Waals surface area contributed by atoms with Crippen LogP contribution in [0.15, 0.2) is 36.4 Å². The van der Waals surface area contributed by atoms with E-state index in [2.05, 4.69) is 0 Å². The number of rotatable bonds is 2. The van der Waals surface area contributed by atoms with Gasteiger partial charge in [-0.25, -0.2) is 4.79 Å². The van der Waals surface area contributed by atoms with E-state index in [-0.39, 0.29) is 22.8 Å². The summed E-state index contributed by atoms with van der Waals surface area (Å²) < 4.78 is 10.3. The summed E-state index contributed by atoms with van der Waals surface area (Å²) in [7, 11) is 1.31. The number of methoxy groups -OCH3 is 1. The number of hydrogen-bond donors (Lipinski definition) is 2. The van der Waals surface area contributed by atoms with Crippen molar-refractivity contribution in [3.05, 3.63) is 53.1 Å². The molecule has 0 aromatic heterocycles. The minimum Gasteiger partial charge on any atom is -0.504 e. The quantitative estimate of drug-likeness (QED) is 0.830. The molecule has 108 valence electrons. The van der Waals surface area contributed by atoms with E-state index in [1.165, 1.54) is 13.2 Å². The van der Waals surface area contributed by atoms with Crippen LogP contribution in [-0.2, 0) is 11.2 Å². The predicted octanol–water partition coefficient (Wildman–Crippen LogP) is 2.56. The standard InChI is InChI=1S/C16H14O5/c1-20-15-11(17)7-10-8-12(9-5-3-2-4-6-9)21-16(19)13(10)14(15)18/h2-7,12,17-18H,8H2,1H3. The third-order valence-electron chi connectivity index (χ3n) is 3.55. The molecule has 1 aliphatic rings. The minimum absolute atomic E-state index is 0.0526. The Morgan fingerprint density at radius 2 is 1.95 bits per heavy atom. The molecular weight excluding hydrogens is 272 g/mol. The number of benzene rings is 2. The zero-order valence-corrected chi connectivity index (χ0v) is 11.4. The van der Waals surface area contributed by atoms with Gasteiger partial charge < -0.3 is 19.7 Å². The van der Waals surface area contributed by atoms with Crippen molar-refractivity contribution in [3.63, 3.8) is 0 Å². The first-order valence-corrected chi connectivity index (χ1v) is 6.49. The lowest BCUT2D eigenvalue weighted by molar-refractivity contribution is 0.0247. The van der Waals surface area contributed by atoms with Gasteiger partial charge in [0.1, 0.15) is 11.7 Å². The summed E-state index contributed by atoms with van der Waals surface area (Å²) >= 11 is 0. The maximum absolute atomic E-state index is 12.2. The molecule has 0 aliphatic carbocycles. The van der Waals surface area contributed by atoms with Gasteiger partial charge in [-0.2, -0.15) is 0 Å². The van der Waals surface area contributed by atoms with E-state index < -0.39 is 12.1 Å². The Morgan fingerprint density at radius 1 is 1.24 bits per heavy atom. The summed E-state index contributed by atoms with van der Waals surface area (Å²) in [4.78, 5) is 12.2. The summed E-state index contributed by atoms with van der Waals surface area (Å²) in [6, 6.07) is 10.8. The number of carbonyl (C=O) groups is 1. The Kier molecular flexibility index (Phi) is 3.17. The summed E-state index contributed by atoms with van der Waals surface area (Å²) in [5.74, 6) is -1.33. The zero-order chi connectivity index (χ0) is 15.0. The predicted molar refractivity (Wildman–Crippen MR) is 74.6 cm³/mol. The fraction of sp³-hybridized carbons (Fsp3) is 0.188. The first-order valence-electron chi connectivity index (χ1n) is 6.49. The molecule has 1 atom stereocenters. The average Bonchev–Trinajstić information content (AvgIpc) is 2.47. The van der Waals surface area contributed by atoms with Crippen molar-refractivity contribution >= 4 is 5.97 Å². The van der Waals surface area contributed by atoms with Crippen LogP contribution in [0.1, 0.15) is 27.6 Å². The van der Waals surface area contributed by atoms with Gasteiger partial charge in [0.25, 0.3) is 0 Å². The van der Waals surface area contributed by atoms with E-state index in [1.54, 1.807) is 0 Å². The Labute approximate surface area is 121 Å². The van der Waals surface area contributed by atoms with Gasteiger partial charge >= 0.3 is 5.97 Å². The molecule has 3 rings (SSSR count). The van der Waals surface area contributed by atoms with Crippen molar-refractivity contribution in [2.75, 3.05) is 7.11 Å². The molecule has 0 saturated carbocycles. The highest BCUT2D eigenvalue weighted by molar-refractivity contribution is 5.97. The van der Waals surface area contributed by atoms with Crippen LogP contribution in [0.4, 0.5) is 0 Å². The van der Waals surface area contributed by atoms with Crippen molar-refractivity contribution in [3.8, 4) is 17.2 Å². The molecule has 0 saturated heterocycles. The Bertz CT molecular complexity index is 694. The second kappa shape index (κ2) is 5.01. The molecule has 5 nitrogen and oxygen atoms in total. The molecule has 1 heterocycles. The van der Waals surface area contributed by atoms with E-state index in [0.717, 1.165) is 5.56 Å². The van der Waals surface area contributed by atoms with E-state index in [1.807, 2.05) is 30.3 Å². The highest BCUT2D eigenvalue weighted by Crippen LogP contribution is 2.44. The SMILES string of the molecule is COc1c(O)cc2c(c1O)C(=O)OC(c1ccccc1)C2. The first-order chi connectivity index (χ1) is 10.1. The van der Waals surface area contributed by atoms with Gasteiger partial charge in [0.2, 0.25) is 5.75 Å². The lowest BCUT2D eigenvalue weighted by atomic mass is 9.93. The van der Waals surface area contributed by atoms with Crippen LogP contribution in [0.3, 0.4) is 0 Å². The van der Waals surface area contributed by atoms with Crippen molar-refractivity contribution in [2.45, 2.75) is 12.5 Å². The average molecular weight is 286 g/mol. The van der Waals surface area contributed by atoms with Crippen molar-refractivity contribution in [1.82, 2.24) is 0 Å². The smallest absolute Gasteiger partial charge is 0.342 e. The molecule has 0 radical (unpaired) electrons. The summed E-state index contributed by atoms with van der Waals surface area (Å²) in [6.45, 7) is 0. The number of ether oxygens (including phenoxy) is 2. The van der Waals surface area contributed by atoms with Crippen LogP contribution in [0, 0.1) is 0 Å². The van der Waals surface area contributed by atoms with Gasteiger partial charge in [-0.05, 0) is 17.2 Å². The number of carbonyl (C=O) groups excluding carboxylic acids is 1. The van der Waals surface area contributed by atoms with Gasteiger partial charge in [-0.1, -0.05) is 30.3 Å². The molecule has 1 unspecified atom stereocenters. The van der Waals surface area contributed by atoms with Crippen molar-refractivity contribution in [1.29, 1.82) is 0 Å². The van der Waals surface area contributed by atoms with Gasteiger partial charge in [0.05, 0.1) is 7.11 Å². The molecule has 21 heavy (non-hydrogen) atoms. The number of esters is 1. The Balaban J connectivity index is 2.06. The van der Waals surface area contributed by atoms with Gasteiger partial charge in [-0.15, -0.1) is 0 Å². The largest absolute Gasteiger partial charge is 0.504 e. The van der Waals surface area contributed by atoms with E-state index in [0.29, 0.717) is 12.0 Å². The first kappa shape index (κ1) is 13.3. The molecule has 2 N–H and O–H groups in total. The van der Waals surface area contributed by atoms with Crippen molar-refractivity contribution < 1.29 is 24.5 Å². The van der Waals surface area contributed by atoms with Crippen molar-refractivity contribution in [2.24, 2.45) is 0 Å². The van der Waals surface area contributed by atoms with Gasteiger partial charge in [-0.3, -0.25) is 0 Å². The van der Waals surface area contributed by atoms with Crippen LogP contribution in [0.25, 0.3) is 0 Å². The number of fused-ring (bicyclic) bond motifs is 1. The number of hydrogen-bond acceptors (Lipinski definition) is 5. The minimum atomic E-state index is -0.624. The lowest BCUT2D eigenvalue weighted by Crippen LogP contribution is -2.22. The highest BCUT2D eigenvalue weighted by Gasteiger charge is 2.32. The number of cyclic esters (lactones) is 1.